The fourth-order valence-electron chi connectivity index (χ4n) is 5.74. The Balaban J connectivity index is 1.96. The average molecular weight is 599 g/mol. The Bertz CT molecular complexity index is 1440. The van der Waals surface area contributed by atoms with Gasteiger partial charge in [0.05, 0.1) is 18.2 Å². The molecule has 0 radical (unpaired) electrons. The molecule has 1 aliphatic rings. The van der Waals surface area contributed by atoms with Gasteiger partial charge in [-0.25, -0.2) is 9.98 Å². The fourth-order valence-corrected chi connectivity index (χ4v) is 8.03. The van der Waals surface area contributed by atoms with E-state index in [2.05, 4.69) is 133 Å². The molecule has 0 N–H and O–H groups in total. The van der Waals surface area contributed by atoms with Gasteiger partial charge in [0, 0.05) is 18.6 Å². The summed E-state index contributed by atoms with van der Waals surface area (Å²) in [7, 11) is -0.662. The summed E-state index contributed by atoms with van der Waals surface area (Å²) in [6.07, 6.45) is 2.64. The Morgan fingerprint density at radius 1 is 1.00 bits per heavy atom. The van der Waals surface area contributed by atoms with E-state index in [1.54, 1.807) is 10.8 Å². The summed E-state index contributed by atoms with van der Waals surface area (Å²) in [5.41, 5.74) is 4.48. The predicted molar refractivity (Wildman–Crippen MR) is 181 cm³/mol. The Morgan fingerprint density at radius 3 is 2.12 bits per heavy atom. The number of aromatic nitrogens is 2. The van der Waals surface area contributed by atoms with Gasteiger partial charge in [-0.1, -0.05) is 86.6 Å². The topological polar surface area (TPSA) is 106 Å². The molecule has 1 aliphatic heterocycles. The van der Waals surface area contributed by atoms with E-state index in [4.69, 9.17) is 4.99 Å². The molecule has 230 valence electrons. The van der Waals surface area contributed by atoms with Crippen LogP contribution in [0.1, 0.15) is 117 Å². The molecule has 2 heterocycles. The highest BCUT2D eigenvalue weighted by molar-refractivity contribution is 6.81. The van der Waals surface area contributed by atoms with Crippen molar-refractivity contribution in [3.63, 3.8) is 0 Å². The van der Waals surface area contributed by atoms with Gasteiger partial charge in [0.2, 0.25) is 0 Å². The monoisotopic (exact) mass is 598 g/mol. The van der Waals surface area contributed by atoms with E-state index in [-0.39, 0.29) is 33.2 Å². The normalized spacial score (nSPS) is 18.2. The highest BCUT2D eigenvalue weighted by atomic mass is 28.2. The molecule has 0 bridgehead atoms. The molecule has 0 aliphatic carbocycles. The Hall–Kier alpha value is -3.56. The minimum atomic E-state index is -0.662. The van der Waals surface area contributed by atoms with E-state index in [0.717, 1.165) is 30.9 Å². The third-order valence-electron chi connectivity index (χ3n) is 8.24. The molecule has 0 saturated heterocycles. The standard InChI is InChI=1S/C34H50N8Si/c1-12-41(13-2)31-39-30(29(43-31)34(9,10)11)40-37-21-28-38-26(19-35)27(20-36)42(28)22-23-14-16-24(17-15-23)25(33(6,7)8)18-32(3,4)5/h14-17,21,25,29H,12-13,18,22,43H2,1-11H3/b37-21+,40-30-. The van der Waals surface area contributed by atoms with Gasteiger partial charge in [-0.2, -0.15) is 15.6 Å². The number of nitriles is 2. The first-order valence-electron chi connectivity index (χ1n) is 15.4. The zero-order valence-electron chi connectivity index (χ0n) is 28.2. The third kappa shape index (κ3) is 8.51. The summed E-state index contributed by atoms with van der Waals surface area (Å²) in [6.45, 7) is 27.0. The molecule has 9 heteroatoms. The van der Waals surface area contributed by atoms with Crippen LogP contribution in [0.25, 0.3) is 0 Å². The molecule has 1 aromatic heterocycles. The zero-order valence-corrected chi connectivity index (χ0v) is 29.6. The van der Waals surface area contributed by atoms with Gasteiger partial charge in [0.1, 0.15) is 21.7 Å². The minimum Gasteiger partial charge on any atom is -0.365 e. The van der Waals surface area contributed by atoms with Gasteiger partial charge in [-0.3, -0.25) is 0 Å². The fraction of sp³-hybridized carbons (Fsp3) is 0.588. The smallest absolute Gasteiger partial charge is 0.177 e. The lowest BCUT2D eigenvalue weighted by atomic mass is 9.69. The second-order valence-corrected chi connectivity index (χ2v) is 16.8. The molecule has 0 saturated carbocycles. The lowest BCUT2D eigenvalue weighted by molar-refractivity contribution is 0.229. The summed E-state index contributed by atoms with van der Waals surface area (Å²) in [5, 5.41) is 28.6. The van der Waals surface area contributed by atoms with E-state index in [1.807, 2.05) is 0 Å². The maximum absolute atomic E-state index is 9.93. The van der Waals surface area contributed by atoms with Crippen molar-refractivity contribution >= 4 is 27.0 Å². The van der Waals surface area contributed by atoms with Gasteiger partial charge < -0.3 is 9.47 Å². The number of rotatable bonds is 8. The summed E-state index contributed by atoms with van der Waals surface area (Å²) in [4.78, 5) is 11.7. The first-order valence-corrected chi connectivity index (χ1v) is 17.0. The van der Waals surface area contributed by atoms with Crippen LogP contribution in [0.3, 0.4) is 0 Å². The van der Waals surface area contributed by atoms with E-state index < -0.39 is 9.52 Å². The van der Waals surface area contributed by atoms with Gasteiger partial charge in [-0.05, 0) is 53.6 Å². The summed E-state index contributed by atoms with van der Waals surface area (Å²) in [5.74, 6) is 1.60. The van der Waals surface area contributed by atoms with Crippen molar-refractivity contribution in [2.24, 2.45) is 31.4 Å². The Labute approximate surface area is 261 Å². The van der Waals surface area contributed by atoms with Crippen LogP contribution in [0.15, 0.2) is 39.5 Å². The van der Waals surface area contributed by atoms with E-state index in [1.165, 1.54) is 11.0 Å². The van der Waals surface area contributed by atoms with Gasteiger partial charge in [-0.15, -0.1) is 5.10 Å². The van der Waals surface area contributed by atoms with Crippen molar-refractivity contribution < 1.29 is 0 Å². The highest BCUT2D eigenvalue weighted by Crippen LogP contribution is 2.43. The van der Waals surface area contributed by atoms with Gasteiger partial charge >= 0.3 is 0 Å². The van der Waals surface area contributed by atoms with Crippen LogP contribution in [0.2, 0.25) is 5.54 Å². The van der Waals surface area contributed by atoms with Crippen molar-refractivity contribution in [1.29, 1.82) is 10.5 Å². The highest BCUT2D eigenvalue weighted by Gasteiger charge is 2.37. The van der Waals surface area contributed by atoms with Gasteiger partial charge in [0.25, 0.3) is 0 Å². The lowest BCUT2D eigenvalue weighted by Gasteiger charge is -2.36. The summed E-state index contributed by atoms with van der Waals surface area (Å²) >= 11 is 0. The second kappa shape index (κ2) is 13.4. The van der Waals surface area contributed by atoms with Crippen LogP contribution < -0.4 is 0 Å². The van der Waals surface area contributed by atoms with E-state index in [0.29, 0.717) is 18.3 Å². The van der Waals surface area contributed by atoms with Crippen molar-refractivity contribution in [2.75, 3.05) is 13.1 Å². The third-order valence-corrected chi connectivity index (χ3v) is 11.2. The minimum absolute atomic E-state index is 0.0322. The molecular formula is C34H50N8Si. The molecule has 1 aromatic carbocycles. The molecule has 2 unspecified atom stereocenters. The van der Waals surface area contributed by atoms with Crippen molar-refractivity contribution in [3.05, 3.63) is 52.6 Å². The van der Waals surface area contributed by atoms with E-state index >= 15 is 0 Å². The number of hydrogen-bond acceptors (Lipinski definition) is 6. The van der Waals surface area contributed by atoms with Crippen molar-refractivity contribution in [2.45, 2.75) is 101 Å². The van der Waals surface area contributed by atoms with Crippen LogP contribution in [-0.4, -0.2) is 54.6 Å². The van der Waals surface area contributed by atoms with Crippen LogP contribution in [0.5, 0.6) is 0 Å². The molecule has 43 heavy (non-hydrogen) atoms. The number of imidazole rings is 1. The quantitative estimate of drug-likeness (QED) is 0.192. The maximum Gasteiger partial charge on any atom is 0.177 e. The van der Waals surface area contributed by atoms with Gasteiger partial charge in [0.15, 0.2) is 23.0 Å². The van der Waals surface area contributed by atoms with Crippen LogP contribution in [0.4, 0.5) is 0 Å². The number of amidine groups is 2. The number of aliphatic imine (C=N–C) groups is 1. The molecule has 0 amide bonds. The molecule has 3 rings (SSSR count). The summed E-state index contributed by atoms with van der Waals surface area (Å²) < 4.78 is 1.75. The van der Waals surface area contributed by atoms with Crippen LogP contribution >= 0.6 is 0 Å². The maximum atomic E-state index is 9.93. The second-order valence-electron chi connectivity index (χ2n) is 14.9. The number of hydrogen-bond donors (Lipinski definition) is 0. The number of benzene rings is 1. The summed E-state index contributed by atoms with van der Waals surface area (Å²) in [6, 6.07) is 12.9. The molecule has 2 atom stereocenters. The zero-order chi connectivity index (χ0) is 32.2. The predicted octanol–water partition coefficient (Wildman–Crippen LogP) is 6.69. The first-order chi connectivity index (χ1) is 20.0. The molecular weight excluding hydrogens is 549 g/mol. The SMILES string of the molecule is CCN(CC)C1=N/C(=N\N=C\c2nc(C#N)c(C#N)n2Cc2ccc(C(CC(C)(C)C)C(C)(C)C)cc2)C(C(C)(C)C)[SiH2]1. The number of nitrogens with zero attached hydrogens (tertiary/aromatic N) is 8. The largest absolute Gasteiger partial charge is 0.365 e. The Morgan fingerprint density at radius 2 is 1.63 bits per heavy atom. The average Bonchev–Trinajstić information content (AvgIpc) is 3.49. The lowest BCUT2D eigenvalue weighted by Crippen LogP contribution is -2.35. The first kappa shape index (κ1) is 33.9. The van der Waals surface area contributed by atoms with Crippen molar-refractivity contribution in [3.8, 4) is 12.1 Å². The Kier molecular flexibility index (Phi) is 10.6. The molecule has 8 nitrogen and oxygen atoms in total. The van der Waals surface area contributed by atoms with Crippen molar-refractivity contribution in [1.82, 2.24) is 14.5 Å². The molecule has 0 spiro atoms. The van der Waals surface area contributed by atoms with Crippen LogP contribution in [0, 0.1) is 38.9 Å². The molecule has 0 fully saturated rings. The molecule has 2 aromatic rings. The van der Waals surface area contributed by atoms with Crippen LogP contribution in [-0.2, 0) is 6.54 Å². The van der Waals surface area contributed by atoms with E-state index in [9.17, 15) is 10.5 Å².